The van der Waals surface area contributed by atoms with Crippen LogP contribution in [0.15, 0.2) is 42.5 Å². The van der Waals surface area contributed by atoms with Crippen LogP contribution >= 0.6 is 0 Å². The van der Waals surface area contributed by atoms with Gasteiger partial charge < -0.3 is 20.7 Å². The molecule has 0 saturated heterocycles. The van der Waals surface area contributed by atoms with Crippen molar-refractivity contribution >= 4 is 23.3 Å². The number of esters is 1. The van der Waals surface area contributed by atoms with Gasteiger partial charge in [0.15, 0.2) is 6.61 Å². The van der Waals surface area contributed by atoms with E-state index in [0.717, 1.165) is 17.8 Å². The lowest BCUT2D eigenvalue weighted by Crippen LogP contribution is -2.36. The summed E-state index contributed by atoms with van der Waals surface area (Å²) in [6.07, 6.45) is 0. The number of carbonyl (C=O) groups is 2. The number of anilines is 2. The van der Waals surface area contributed by atoms with Crippen molar-refractivity contribution < 1.29 is 14.3 Å². The summed E-state index contributed by atoms with van der Waals surface area (Å²) in [5, 5.41) is 2.78. The minimum atomic E-state index is -0.563. The van der Waals surface area contributed by atoms with E-state index in [0.29, 0.717) is 24.3 Å². The van der Waals surface area contributed by atoms with Crippen molar-refractivity contribution in [1.29, 1.82) is 0 Å². The first-order valence-corrected chi connectivity index (χ1v) is 9.02. The maximum atomic E-state index is 12.0. The third kappa shape index (κ3) is 6.02. The van der Waals surface area contributed by atoms with Crippen LogP contribution in [0, 0.1) is 13.8 Å². The Bertz CT molecular complexity index is 805. The fourth-order valence-electron chi connectivity index (χ4n) is 2.66. The Morgan fingerprint density at radius 2 is 1.93 bits per heavy atom. The number of amides is 1. The van der Waals surface area contributed by atoms with E-state index in [4.69, 9.17) is 10.5 Å². The standard InChI is InChI=1S/C21H27N3O3/c1-4-24(18-7-5-6-15(2)12-18)11-10-23-20(25)14-27-21(26)17-9-8-16(3)19(22)13-17/h5-9,12-13H,4,10-11,14,22H2,1-3H3,(H,23,25). The third-order valence-corrected chi connectivity index (χ3v) is 4.30. The van der Waals surface area contributed by atoms with E-state index in [1.165, 1.54) is 5.56 Å². The molecule has 0 aromatic heterocycles. The van der Waals surface area contributed by atoms with Crippen molar-refractivity contribution in [2.45, 2.75) is 20.8 Å². The van der Waals surface area contributed by atoms with Crippen LogP contribution in [0.2, 0.25) is 0 Å². The number of nitrogen functional groups attached to an aromatic ring is 1. The minimum Gasteiger partial charge on any atom is -0.452 e. The molecule has 0 aliphatic heterocycles. The summed E-state index contributed by atoms with van der Waals surface area (Å²) in [5.74, 6) is -0.893. The molecule has 6 heteroatoms. The van der Waals surface area contributed by atoms with Gasteiger partial charge >= 0.3 is 5.97 Å². The normalized spacial score (nSPS) is 10.3. The van der Waals surface area contributed by atoms with Crippen molar-refractivity contribution in [3.63, 3.8) is 0 Å². The van der Waals surface area contributed by atoms with Gasteiger partial charge in [-0.3, -0.25) is 4.79 Å². The lowest BCUT2D eigenvalue weighted by Gasteiger charge is -2.23. The molecular formula is C21H27N3O3. The molecule has 0 aliphatic carbocycles. The quantitative estimate of drug-likeness (QED) is 0.552. The van der Waals surface area contributed by atoms with Gasteiger partial charge in [-0.2, -0.15) is 0 Å². The average molecular weight is 369 g/mol. The van der Waals surface area contributed by atoms with Gasteiger partial charge in [-0.05, 0) is 56.2 Å². The number of nitrogens with two attached hydrogens (primary N) is 1. The van der Waals surface area contributed by atoms with Gasteiger partial charge in [-0.25, -0.2) is 4.79 Å². The van der Waals surface area contributed by atoms with Gasteiger partial charge in [0.1, 0.15) is 0 Å². The van der Waals surface area contributed by atoms with Crippen LogP contribution in [0.1, 0.15) is 28.4 Å². The number of hydrogen-bond donors (Lipinski definition) is 2. The number of benzene rings is 2. The molecule has 2 aromatic carbocycles. The molecule has 0 aliphatic rings. The molecule has 27 heavy (non-hydrogen) atoms. The van der Waals surface area contributed by atoms with Crippen LogP contribution in [-0.2, 0) is 9.53 Å². The molecule has 0 unspecified atom stereocenters. The Hall–Kier alpha value is -3.02. The molecule has 0 heterocycles. The number of ether oxygens (including phenoxy) is 1. The number of nitrogens with zero attached hydrogens (tertiary/aromatic N) is 1. The maximum Gasteiger partial charge on any atom is 0.338 e. The molecule has 0 bridgehead atoms. The summed E-state index contributed by atoms with van der Waals surface area (Å²) in [6, 6.07) is 13.2. The topological polar surface area (TPSA) is 84.7 Å². The van der Waals surface area contributed by atoms with Gasteiger partial charge in [-0.1, -0.05) is 18.2 Å². The minimum absolute atomic E-state index is 0.316. The molecule has 0 fully saturated rings. The van der Waals surface area contributed by atoms with Crippen LogP contribution < -0.4 is 16.0 Å². The first-order chi connectivity index (χ1) is 12.9. The van der Waals surface area contributed by atoms with Crippen molar-refractivity contribution in [3.8, 4) is 0 Å². The Morgan fingerprint density at radius 3 is 2.59 bits per heavy atom. The van der Waals surface area contributed by atoms with E-state index in [1.54, 1.807) is 18.2 Å². The third-order valence-electron chi connectivity index (χ3n) is 4.30. The van der Waals surface area contributed by atoms with E-state index in [1.807, 2.05) is 19.1 Å². The molecule has 1 amide bonds. The largest absolute Gasteiger partial charge is 0.452 e. The van der Waals surface area contributed by atoms with Crippen molar-refractivity contribution in [3.05, 3.63) is 59.2 Å². The maximum absolute atomic E-state index is 12.0. The Morgan fingerprint density at radius 1 is 1.15 bits per heavy atom. The summed E-state index contributed by atoms with van der Waals surface area (Å²) in [6.45, 7) is 7.64. The van der Waals surface area contributed by atoms with E-state index < -0.39 is 5.97 Å². The molecule has 144 valence electrons. The van der Waals surface area contributed by atoms with Gasteiger partial charge in [0.2, 0.25) is 0 Å². The highest BCUT2D eigenvalue weighted by Gasteiger charge is 2.11. The average Bonchev–Trinajstić information content (AvgIpc) is 2.65. The second-order valence-electron chi connectivity index (χ2n) is 6.42. The molecular weight excluding hydrogens is 342 g/mol. The number of aryl methyl sites for hydroxylation is 2. The summed E-state index contributed by atoms with van der Waals surface area (Å²) >= 11 is 0. The Kier molecular flexibility index (Phi) is 7.23. The van der Waals surface area contributed by atoms with Gasteiger partial charge in [0.05, 0.1) is 5.56 Å². The van der Waals surface area contributed by atoms with Gasteiger partial charge in [0, 0.05) is 31.0 Å². The summed E-state index contributed by atoms with van der Waals surface area (Å²) in [4.78, 5) is 26.1. The van der Waals surface area contributed by atoms with Gasteiger partial charge in [0.25, 0.3) is 5.91 Å². The van der Waals surface area contributed by atoms with Crippen LogP contribution in [0.25, 0.3) is 0 Å². The number of rotatable bonds is 8. The summed E-state index contributed by atoms with van der Waals surface area (Å²) in [5.41, 5.74) is 9.84. The van der Waals surface area contributed by atoms with E-state index in [2.05, 4.69) is 36.2 Å². The summed E-state index contributed by atoms with van der Waals surface area (Å²) in [7, 11) is 0. The molecule has 0 atom stereocenters. The highest BCUT2D eigenvalue weighted by atomic mass is 16.5. The lowest BCUT2D eigenvalue weighted by atomic mass is 10.1. The predicted octanol–water partition coefficient (Wildman–Crippen LogP) is 2.69. The number of nitrogens with one attached hydrogen (secondary N) is 1. The van der Waals surface area contributed by atoms with Crippen LogP contribution in [0.3, 0.4) is 0 Å². The molecule has 2 rings (SSSR count). The van der Waals surface area contributed by atoms with Crippen molar-refractivity contribution in [1.82, 2.24) is 5.32 Å². The molecule has 0 radical (unpaired) electrons. The monoisotopic (exact) mass is 369 g/mol. The van der Waals surface area contributed by atoms with E-state index in [9.17, 15) is 9.59 Å². The van der Waals surface area contributed by atoms with Crippen LogP contribution in [0.5, 0.6) is 0 Å². The first-order valence-electron chi connectivity index (χ1n) is 9.02. The SMILES string of the molecule is CCN(CCNC(=O)COC(=O)c1ccc(C)c(N)c1)c1cccc(C)c1. The highest BCUT2D eigenvalue weighted by molar-refractivity contribution is 5.92. The molecule has 6 nitrogen and oxygen atoms in total. The molecule has 0 spiro atoms. The number of likely N-dealkylation sites (N-methyl/N-ethyl adjacent to an activating group) is 1. The van der Waals surface area contributed by atoms with Crippen molar-refractivity contribution in [2.75, 3.05) is 36.9 Å². The Balaban J connectivity index is 1.77. The van der Waals surface area contributed by atoms with Gasteiger partial charge in [-0.15, -0.1) is 0 Å². The second-order valence-corrected chi connectivity index (χ2v) is 6.42. The molecule has 3 N–H and O–H groups in total. The second kappa shape index (κ2) is 9.62. The van der Waals surface area contributed by atoms with E-state index >= 15 is 0 Å². The van der Waals surface area contributed by atoms with Crippen molar-refractivity contribution in [2.24, 2.45) is 0 Å². The summed E-state index contributed by atoms with van der Waals surface area (Å²) < 4.78 is 5.05. The molecule has 2 aromatic rings. The fraction of sp³-hybridized carbons (Fsp3) is 0.333. The Labute approximate surface area is 160 Å². The molecule has 0 saturated carbocycles. The highest BCUT2D eigenvalue weighted by Crippen LogP contribution is 2.15. The van der Waals surface area contributed by atoms with Crippen LogP contribution in [0.4, 0.5) is 11.4 Å². The fourth-order valence-corrected chi connectivity index (χ4v) is 2.66. The van der Waals surface area contributed by atoms with Crippen LogP contribution in [-0.4, -0.2) is 38.1 Å². The number of carbonyl (C=O) groups excluding carboxylic acids is 2. The zero-order chi connectivity index (χ0) is 19.8. The zero-order valence-corrected chi connectivity index (χ0v) is 16.1. The zero-order valence-electron chi connectivity index (χ0n) is 16.1. The predicted molar refractivity (Wildman–Crippen MR) is 108 cm³/mol. The lowest BCUT2D eigenvalue weighted by molar-refractivity contribution is -0.124. The van der Waals surface area contributed by atoms with E-state index in [-0.39, 0.29) is 12.5 Å². The first kappa shape index (κ1) is 20.3. The number of hydrogen-bond acceptors (Lipinski definition) is 5. The smallest absolute Gasteiger partial charge is 0.338 e.